The second kappa shape index (κ2) is 4.40. The van der Waals surface area contributed by atoms with E-state index in [0.717, 1.165) is 0 Å². The molecule has 1 aliphatic heterocycles. The van der Waals surface area contributed by atoms with Crippen molar-refractivity contribution in [1.82, 2.24) is 19.5 Å². The van der Waals surface area contributed by atoms with Crippen LogP contribution in [0, 0.1) is 0 Å². The van der Waals surface area contributed by atoms with E-state index < -0.39 is 17.6 Å². The molecule has 0 saturated heterocycles. The third kappa shape index (κ3) is 1.80. The molecule has 0 radical (unpaired) electrons. The first-order chi connectivity index (χ1) is 9.58. The fourth-order valence-corrected chi connectivity index (χ4v) is 2.06. The molecule has 0 bridgehead atoms. The minimum atomic E-state index is -1.20. The topological polar surface area (TPSA) is 128 Å². The molecule has 3 heterocycles. The van der Waals surface area contributed by atoms with Gasteiger partial charge in [0.1, 0.15) is 6.61 Å². The number of anilines is 1. The average molecular weight is 279 g/mol. The Morgan fingerprint density at radius 3 is 3.15 bits per heavy atom. The number of hydrogen-bond donors (Lipinski definition) is 3. The molecule has 2 aromatic heterocycles. The first-order valence-electron chi connectivity index (χ1n) is 5.84. The van der Waals surface area contributed by atoms with Crippen molar-refractivity contribution in [3.05, 3.63) is 28.8 Å². The Kier molecular flexibility index (Phi) is 2.82. The van der Waals surface area contributed by atoms with E-state index in [-0.39, 0.29) is 18.1 Å². The van der Waals surface area contributed by atoms with Gasteiger partial charge in [0.15, 0.2) is 17.4 Å². The van der Waals surface area contributed by atoms with E-state index >= 15 is 0 Å². The molecule has 0 saturated carbocycles. The summed E-state index contributed by atoms with van der Waals surface area (Å²) in [6.45, 7) is -0.334. The predicted octanol–water partition coefficient (Wildman–Crippen LogP) is -0.878. The number of ether oxygens (including phenoxy) is 2. The van der Waals surface area contributed by atoms with Crippen LogP contribution in [0.1, 0.15) is 6.23 Å². The van der Waals surface area contributed by atoms with Crippen LogP contribution in [0.5, 0.6) is 0 Å². The lowest BCUT2D eigenvalue weighted by Gasteiger charge is -2.25. The monoisotopic (exact) mass is 279 g/mol. The highest BCUT2D eigenvalue weighted by Crippen LogP contribution is 2.31. The van der Waals surface area contributed by atoms with Gasteiger partial charge < -0.3 is 20.3 Å². The lowest BCUT2D eigenvalue weighted by molar-refractivity contribution is -0.224. The Morgan fingerprint density at radius 1 is 1.70 bits per heavy atom. The zero-order valence-corrected chi connectivity index (χ0v) is 10.6. The molecule has 0 spiro atoms. The van der Waals surface area contributed by atoms with Gasteiger partial charge in [-0.2, -0.15) is 4.98 Å². The summed E-state index contributed by atoms with van der Waals surface area (Å²) in [4.78, 5) is 22.1. The smallest absolute Gasteiger partial charge is 0.280 e. The maximum Gasteiger partial charge on any atom is 0.280 e. The Bertz CT molecular complexity index is 730. The van der Waals surface area contributed by atoms with E-state index in [1.54, 1.807) is 12.2 Å². The molecule has 2 atom stereocenters. The Labute approximate surface area is 112 Å². The molecule has 9 nitrogen and oxygen atoms in total. The second-order valence-corrected chi connectivity index (χ2v) is 4.32. The van der Waals surface area contributed by atoms with Gasteiger partial charge in [-0.25, -0.2) is 4.98 Å². The van der Waals surface area contributed by atoms with E-state index in [4.69, 9.17) is 15.2 Å². The van der Waals surface area contributed by atoms with Crippen molar-refractivity contribution in [3.8, 4) is 0 Å². The van der Waals surface area contributed by atoms with E-state index in [1.807, 2.05) is 0 Å². The molecule has 0 aromatic carbocycles. The standard InChI is InChI=1S/C11H13N5O4/c1-19-11(4-17)3-2-6(20-11)16-5-13-7-8(16)14-10(12)15-9(7)18/h2-3,5-6,17H,4H2,1H3,(H3,12,14,15,18)/t6-,11-/m1/s1. The third-order valence-electron chi connectivity index (χ3n) is 3.13. The molecular formula is C11H13N5O4. The molecule has 0 fully saturated rings. The number of nitrogens with one attached hydrogen (secondary N) is 1. The Hall–Kier alpha value is -2.23. The number of H-pyrrole nitrogens is 1. The number of nitrogens with zero attached hydrogens (tertiary/aromatic N) is 3. The molecule has 1 aliphatic rings. The maximum atomic E-state index is 11.7. The van der Waals surface area contributed by atoms with E-state index in [9.17, 15) is 9.90 Å². The van der Waals surface area contributed by atoms with Crippen molar-refractivity contribution in [3.63, 3.8) is 0 Å². The Balaban J connectivity index is 2.05. The van der Waals surface area contributed by atoms with Crippen LogP contribution in [0.2, 0.25) is 0 Å². The number of aromatic amines is 1. The number of nitrogen functional groups attached to an aromatic ring is 1. The predicted molar refractivity (Wildman–Crippen MR) is 68.6 cm³/mol. The number of rotatable bonds is 3. The fourth-order valence-electron chi connectivity index (χ4n) is 2.06. The second-order valence-electron chi connectivity index (χ2n) is 4.32. The summed E-state index contributed by atoms with van der Waals surface area (Å²) in [5, 5.41) is 9.32. The van der Waals surface area contributed by atoms with Crippen LogP contribution in [0.15, 0.2) is 23.3 Å². The number of aliphatic hydroxyl groups is 1. The van der Waals surface area contributed by atoms with Crippen molar-refractivity contribution in [2.24, 2.45) is 0 Å². The first kappa shape index (κ1) is 12.8. The van der Waals surface area contributed by atoms with Crippen LogP contribution < -0.4 is 11.3 Å². The summed E-state index contributed by atoms with van der Waals surface area (Å²) in [5.74, 6) is -1.21. The molecule has 9 heteroatoms. The molecular weight excluding hydrogens is 266 g/mol. The van der Waals surface area contributed by atoms with Crippen LogP contribution in [-0.4, -0.2) is 44.1 Å². The van der Waals surface area contributed by atoms with Gasteiger partial charge in [-0.15, -0.1) is 0 Å². The average Bonchev–Trinajstić information content (AvgIpc) is 3.02. The summed E-state index contributed by atoms with van der Waals surface area (Å²) in [6.07, 6.45) is 4.10. The fraction of sp³-hybridized carbons (Fsp3) is 0.364. The van der Waals surface area contributed by atoms with Gasteiger partial charge in [0, 0.05) is 7.11 Å². The number of nitrogens with two attached hydrogens (primary N) is 1. The number of aromatic nitrogens is 4. The third-order valence-corrected chi connectivity index (χ3v) is 3.13. The van der Waals surface area contributed by atoms with E-state index in [2.05, 4.69) is 15.0 Å². The highest BCUT2D eigenvalue weighted by molar-refractivity contribution is 5.70. The van der Waals surface area contributed by atoms with Crippen LogP contribution in [0.3, 0.4) is 0 Å². The molecule has 0 aliphatic carbocycles. The molecule has 3 rings (SSSR count). The lowest BCUT2D eigenvalue weighted by atomic mass is 10.3. The zero-order chi connectivity index (χ0) is 14.3. The van der Waals surface area contributed by atoms with Crippen LogP contribution in [0.4, 0.5) is 5.95 Å². The SMILES string of the molecule is CO[C@]1(CO)C=C[C@H](n2cnc3c(=O)[nH]c(N)nc32)O1. The number of fused-ring (bicyclic) bond motifs is 1. The number of hydrogen-bond acceptors (Lipinski definition) is 7. The van der Waals surface area contributed by atoms with Crippen molar-refractivity contribution in [2.75, 3.05) is 19.5 Å². The van der Waals surface area contributed by atoms with E-state index in [0.29, 0.717) is 5.65 Å². The van der Waals surface area contributed by atoms with Gasteiger partial charge >= 0.3 is 0 Å². The number of methoxy groups -OCH3 is 1. The highest BCUT2D eigenvalue weighted by Gasteiger charge is 2.36. The van der Waals surface area contributed by atoms with E-state index in [1.165, 1.54) is 18.0 Å². The summed E-state index contributed by atoms with van der Waals surface area (Å²) in [6, 6.07) is 0. The molecule has 2 aromatic rings. The number of aliphatic hydroxyl groups excluding tert-OH is 1. The van der Waals surface area contributed by atoms with Crippen molar-refractivity contribution < 1.29 is 14.6 Å². The molecule has 106 valence electrons. The van der Waals surface area contributed by atoms with Crippen molar-refractivity contribution >= 4 is 17.1 Å². The van der Waals surface area contributed by atoms with Crippen molar-refractivity contribution in [2.45, 2.75) is 12.0 Å². The van der Waals surface area contributed by atoms with Crippen LogP contribution in [0.25, 0.3) is 11.2 Å². The van der Waals surface area contributed by atoms with Gasteiger partial charge in [0.2, 0.25) is 11.7 Å². The largest absolute Gasteiger partial charge is 0.390 e. The molecule has 0 unspecified atom stereocenters. The molecule has 4 N–H and O–H groups in total. The Morgan fingerprint density at radius 2 is 2.50 bits per heavy atom. The minimum absolute atomic E-state index is 0.00797. The summed E-state index contributed by atoms with van der Waals surface area (Å²) >= 11 is 0. The van der Waals surface area contributed by atoms with Gasteiger partial charge in [0.25, 0.3) is 5.56 Å². The quantitative estimate of drug-likeness (QED) is 0.622. The van der Waals surface area contributed by atoms with Gasteiger partial charge in [-0.1, -0.05) is 0 Å². The van der Waals surface area contributed by atoms with Crippen LogP contribution in [-0.2, 0) is 9.47 Å². The zero-order valence-electron chi connectivity index (χ0n) is 10.6. The first-order valence-corrected chi connectivity index (χ1v) is 5.84. The van der Waals surface area contributed by atoms with Crippen molar-refractivity contribution in [1.29, 1.82) is 0 Å². The lowest BCUT2D eigenvalue weighted by Crippen LogP contribution is -2.35. The summed E-state index contributed by atoms with van der Waals surface area (Å²) in [7, 11) is 1.43. The molecule has 20 heavy (non-hydrogen) atoms. The summed E-state index contributed by atoms with van der Waals surface area (Å²) < 4.78 is 12.3. The van der Waals surface area contributed by atoms with Gasteiger partial charge in [0.05, 0.1) is 6.33 Å². The maximum absolute atomic E-state index is 11.7. The van der Waals surface area contributed by atoms with Gasteiger partial charge in [-0.3, -0.25) is 14.3 Å². The number of imidazole rings is 1. The normalized spacial score (nSPS) is 25.6. The summed E-state index contributed by atoms with van der Waals surface area (Å²) in [5.41, 5.74) is 5.56. The van der Waals surface area contributed by atoms with Crippen LogP contribution >= 0.6 is 0 Å². The molecule has 0 amide bonds. The van der Waals surface area contributed by atoms with Gasteiger partial charge in [-0.05, 0) is 12.2 Å². The minimum Gasteiger partial charge on any atom is -0.390 e. The highest BCUT2D eigenvalue weighted by atomic mass is 16.7.